The monoisotopic (exact) mass is 377 g/mol. The fourth-order valence-electron chi connectivity index (χ4n) is 2.70. The van der Waals surface area contributed by atoms with Crippen LogP contribution in [0.5, 0.6) is 17.2 Å². The second kappa shape index (κ2) is 7.25. The van der Waals surface area contributed by atoms with Crippen LogP contribution in [0.15, 0.2) is 52.5 Å². The lowest BCUT2D eigenvalue weighted by Crippen LogP contribution is -2.21. The molecule has 0 fully saturated rings. The van der Waals surface area contributed by atoms with Crippen molar-refractivity contribution in [2.24, 2.45) is 5.16 Å². The van der Waals surface area contributed by atoms with Crippen LogP contribution in [0.1, 0.15) is 12.0 Å². The number of nitrogens with zero attached hydrogens (tertiary/aromatic N) is 1. The molecule has 3 rings (SSSR count). The quantitative estimate of drug-likeness (QED) is 0.770. The number of ether oxygens (including phenoxy) is 3. The van der Waals surface area contributed by atoms with Gasteiger partial charge in [-0.05, 0) is 24.3 Å². The average Bonchev–Trinajstić information content (AvgIpc) is 3.18. The van der Waals surface area contributed by atoms with E-state index in [1.165, 1.54) is 33.5 Å². The minimum absolute atomic E-state index is 0.121. The van der Waals surface area contributed by atoms with Crippen LogP contribution in [0.3, 0.4) is 0 Å². The molecule has 2 aromatic rings. The maximum atomic E-state index is 12.7. The molecule has 1 unspecified atom stereocenters. The first-order chi connectivity index (χ1) is 12.5. The molecule has 0 aliphatic carbocycles. The van der Waals surface area contributed by atoms with Crippen molar-refractivity contribution in [3.8, 4) is 17.2 Å². The summed E-state index contributed by atoms with van der Waals surface area (Å²) < 4.78 is 41.3. The topological polar surface area (TPSA) is 83.4 Å². The first-order valence-corrected chi connectivity index (χ1v) is 9.38. The standard InChI is InChI=1S/C18H19NO6S/c1-22-15-9-12(10-16(23-2)18(15)24-3)14-11-17(25-19-14)26(20,21)13-7-5-4-6-8-13/h4-10,17H,11H2,1-3H3. The van der Waals surface area contributed by atoms with Crippen LogP contribution in [-0.2, 0) is 14.7 Å². The molecule has 0 spiro atoms. The Balaban J connectivity index is 1.89. The Hall–Kier alpha value is -2.74. The molecular weight excluding hydrogens is 358 g/mol. The number of oxime groups is 1. The van der Waals surface area contributed by atoms with E-state index >= 15 is 0 Å². The Labute approximate surface area is 152 Å². The number of sulfone groups is 1. The minimum Gasteiger partial charge on any atom is -0.493 e. The normalized spacial score (nSPS) is 16.6. The van der Waals surface area contributed by atoms with Crippen molar-refractivity contribution in [2.75, 3.05) is 21.3 Å². The van der Waals surface area contributed by atoms with Crippen LogP contribution in [0.2, 0.25) is 0 Å². The molecule has 138 valence electrons. The zero-order valence-electron chi connectivity index (χ0n) is 14.6. The van der Waals surface area contributed by atoms with Gasteiger partial charge in [-0.15, -0.1) is 0 Å². The number of hydrogen-bond donors (Lipinski definition) is 0. The van der Waals surface area contributed by atoms with Gasteiger partial charge >= 0.3 is 0 Å². The van der Waals surface area contributed by atoms with E-state index in [0.717, 1.165) is 0 Å². The summed E-state index contributed by atoms with van der Waals surface area (Å²) in [4.78, 5) is 5.43. The zero-order valence-corrected chi connectivity index (χ0v) is 15.4. The molecule has 0 N–H and O–H groups in total. The molecular formula is C18H19NO6S. The molecule has 7 nitrogen and oxygen atoms in total. The Bertz CT molecular complexity index is 899. The maximum absolute atomic E-state index is 12.7. The van der Waals surface area contributed by atoms with E-state index in [4.69, 9.17) is 19.0 Å². The minimum atomic E-state index is -3.65. The number of hydrogen-bond acceptors (Lipinski definition) is 7. The number of rotatable bonds is 6. The van der Waals surface area contributed by atoms with Gasteiger partial charge in [-0.3, -0.25) is 0 Å². The molecule has 1 aliphatic rings. The van der Waals surface area contributed by atoms with E-state index in [0.29, 0.717) is 28.5 Å². The van der Waals surface area contributed by atoms with Crippen LogP contribution >= 0.6 is 0 Å². The van der Waals surface area contributed by atoms with Gasteiger partial charge in [0, 0.05) is 12.0 Å². The summed E-state index contributed by atoms with van der Waals surface area (Å²) in [5, 5.41) is 3.97. The largest absolute Gasteiger partial charge is 0.493 e. The van der Waals surface area contributed by atoms with E-state index in [1.54, 1.807) is 30.3 Å². The van der Waals surface area contributed by atoms with Gasteiger partial charge in [0.25, 0.3) is 0 Å². The van der Waals surface area contributed by atoms with Gasteiger partial charge in [-0.1, -0.05) is 23.4 Å². The van der Waals surface area contributed by atoms with Crippen LogP contribution < -0.4 is 14.2 Å². The smallest absolute Gasteiger partial charge is 0.237 e. The highest BCUT2D eigenvalue weighted by Crippen LogP contribution is 2.39. The maximum Gasteiger partial charge on any atom is 0.237 e. The van der Waals surface area contributed by atoms with Crippen molar-refractivity contribution in [3.63, 3.8) is 0 Å². The summed E-state index contributed by atoms with van der Waals surface area (Å²) in [6.45, 7) is 0. The summed E-state index contributed by atoms with van der Waals surface area (Å²) in [5.74, 6) is 1.37. The van der Waals surface area contributed by atoms with Gasteiger partial charge in [0.05, 0.1) is 31.9 Å². The third-order valence-electron chi connectivity index (χ3n) is 4.06. The molecule has 0 radical (unpaired) electrons. The molecule has 0 saturated heterocycles. The number of benzene rings is 2. The van der Waals surface area contributed by atoms with Gasteiger partial charge in [0.1, 0.15) is 0 Å². The van der Waals surface area contributed by atoms with Crippen molar-refractivity contribution >= 4 is 15.5 Å². The molecule has 2 aromatic carbocycles. The Morgan fingerprint density at radius 1 is 1.00 bits per heavy atom. The molecule has 0 amide bonds. The van der Waals surface area contributed by atoms with Crippen LogP contribution in [0, 0.1) is 0 Å². The first-order valence-electron chi connectivity index (χ1n) is 7.83. The fourth-order valence-corrected chi connectivity index (χ4v) is 4.08. The van der Waals surface area contributed by atoms with Gasteiger partial charge in [-0.25, -0.2) is 8.42 Å². The summed E-state index contributed by atoms with van der Waals surface area (Å²) in [6, 6.07) is 11.6. The Morgan fingerprint density at radius 3 is 2.15 bits per heavy atom. The molecule has 0 aromatic heterocycles. The highest BCUT2D eigenvalue weighted by Gasteiger charge is 2.35. The van der Waals surface area contributed by atoms with Gasteiger partial charge < -0.3 is 19.0 Å². The van der Waals surface area contributed by atoms with Gasteiger partial charge in [-0.2, -0.15) is 0 Å². The predicted molar refractivity (Wildman–Crippen MR) is 95.8 cm³/mol. The van der Waals surface area contributed by atoms with E-state index in [9.17, 15) is 8.42 Å². The molecule has 0 bridgehead atoms. The summed E-state index contributed by atoms with van der Waals surface area (Å²) >= 11 is 0. The van der Waals surface area contributed by atoms with Gasteiger partial charge in [0.15, 0.2) is 11.5 Å². The van der Waals surface area contributed by atoms with Gasteiger partial charge in [0.2, 0.25) is 21.0 Å². The number of methoxy groups -OCH3 is 3. The lowest BCUT2D eigenvalue weighted by molar-refractivity contribution is 0.140. The predicted octanol–water partition coefficient (Wildman–Crippen LogP) is 2.64. The van der Waals surface area contributed by atoms with E-state index in [1.807, 2.05) is 0 Å². The molecule has 8 heteroatoms. The van der Waals surface area contributed by atoms with E-state index < -0.39 is 15.3 Å². The Kier molecular flexibility index (Phi) is 5.03. The Morgan fingerprint density at radius 2 is 1.62 bits per heavy atom. The molecule has 1 atom stereocenters. The lowest BCUT2D eigenvalue weighted by Gasteiger charge is -2.14. The third-order valence-corrected chi connectivity index (χ3v) is 5.93. The van der Waals surface area contributed by atoms with E-state index in [2.05, 4.69) is 5.16 Å². The summed E-state index contributed by atoms with van der Waals surface area (Å²) in [5.41, 5.74) is 0.0676. The first kappa shape index (κ1) is 18.1. The van der Waals surface area contributed by atoms with Crippen LogP contribution in [0.4, 0.5) is 0 Å². The van der Waals surface area contributed by atoms with E-state index in [-0.39, 0.29) is 11.3 Å². The summed E-state index contributed by atoms with van der Waals surface area (Å²) in [6.07, 6.45) is 0.121. The second-order valence-corrected chi connectivity index (χ2v) is 7.64. The zero-order chi connectivity index (χ0) is 18.7. The highest BCUT2D eigenvalue weighted by atomic mass is 32.2. The molecule has 1 heterocycles. The molecule has 1 aliphatic heterocycles. The lowest BCUT2D eigenvalue weighted by atomic mass is 10.1. The molecule has 26 heavy (non-hydrogen) atoms. The van der Waals surface area contributed by atoms with Crippen LogP contribution in [0.25, 0.3) is 0 Å². The SMILES string of the molecule is COc1cc(C2=NOC(S(=O)(=O)c3ccccc3)C2)cc(OC)c1OC. The summed E-state index contributed by atoms with van der Waals surface area (Å²) in [7, 11) is 0.886. The van der Waals surface area contributed by atoms with Crippen molar-refractivity contribution < 1.29 is 27.5 Å². The molecule has 0 saturated carbocycles. The van der Waals surface area contributed by atoms with Crippen molar-refractivity contribution in [3.05, 3.63) is 48.0 Å². The second-order valence-electron chi connectivity index (χ2n) is 5.55. The average molecular weight is 377 g/mol. The van der Waals surface area contributed by atoms with Crippen molar-refractivity contribution in [1.82, 2.24) is 0 Å². The van der Waals surface area contributed by atoms with Crippen molar-refractivity contribution in [2.45, 2.75) is 16.8 Å². The third kappa shape index (κ3) is 3.20. The van der Waals surface area contributed by atoms with Crippen molar-refractivity contribution in [1.29, 1.82) is 0 Å². The highest BCUT2D eigenvalue weighted by molar-refractivity contribution is 7.92. The van der Waals surface area contributed by atoms with Crippen LogP contribution in [-0.4, -0.2) is 40.9 Å². The fraction of sp³-hybridized carbons (Fsp3) is 0.278.